The Morgan fingerprint density at radius 3 is 2.62 bits per heavy atom. The second-order valence-electron chi connectivity index (χ2n) is 6.11. The lowest BCUT2D eigenvalue weighted by molar-refractivity contribution is -0.0511. The molecule has 0 bridgehead atoms. The van der Waals surface area contributed by atoms with Gasteiger partial charge in [0, 0.05) is 6.54 Å². The Kier molecular flexibility index (Phi) is 4.51. The van der Waals surface area contributed by atoms with Crippen molar-refractivity contribution in [3.63, 3.8) is 0 Å². The number of imidazole rings is 1. The zero-order valence-electron chi connectivity index (χ0n) is 13.8. The zero-order valence-corrected chi connectivity index (χ0v) is 13.8. The fraction of sp³-hybridized carbons (Fsp3) is 0.353. The van der Waals surface area contributed by atoms with E-state index in [2.05, 4.69) is 20.3 Å². The van der Waals surface area contributed by atoms with Crippen LogP contribution in [0.3, 0.4) is 0 Å². The van der Waals surface area contributed by atoms with Crippen molar-refractivity contribution < 1.29 is 20.1 Å². The molecule has 9 nitrogen and oxygen atoms in total. The van der Waals surface area contributed by atoms with Crippen molar-refractivity contribution in [2.45, 2.75) is 31.1 Å². The minimum Gasteiger partial charge on any atom is -0.394 e. The highest BCUT2D eigenvalue weighted by Gasteiger charge is 2.44. The summed E-state index contributed by atoms with van der Waals surface area (Å²) in [5.41, 5.74) is 2.09. The van der Waals surface area contributed by atoms with Crippen LogP contribution in [0, 0.1) is 0 Å². The highest BCUT2D eigenvalue weighted by atomic mass is 16.6. The molecule has 0 saturated carbocycles. The van der Waals surface area contributed by atoms with Gasteiger partial charge in [-0.05, 0) is 5.56 Å². The monoisotopic (exact) mass is 357 g/mol. The second kappa shape index (κ2) is 6.96. The van der Waals surface area contributed by atoms with Crippen molar-refractivity contribution in [1.82, 2.24) is 19.5 Å². The summed E-state index contributed by atoms with van der Waals surface area (Å²) in [4.78, 5) is 12.8. The van der Waals surface area contributed by atoms with Crippen molar-refractivity contribution in [1.29, 1.82) is 0 Å². The van der Waals surface area contributed by atoms with Gasteiger partial charge in [-0.2, -0.15) is 0 Å². The molecule has 0 spiro atoms. The van der Waals surface area contributed by atoms with E-state index in [0.29, 0.717) is 23.5 Å². The van der Waals surface area contributed by atoms with E-state index in [4.69, 9.17) is 4.74 Å². The van der Waals surface area contributed by atoms with E-state index in [1.54, 1.807) is 0 Å². The maximum Gasteiger partial charge on any atom is 0.167 e. The van der Waals surface area contributed by atoms with Gasteiger partial charge in [0.25, 0.3) is 0 Å². The first-order chi connectivity index (χ1) is 12.7. The number of aliphatic hydroxyl groups is 3. The highest BCUT2D eigenvalue weighted by Crippen LogP contribution is 2.32. The first-order valence-electron chi connectivity index (χ1n) is 8.27. The Labute approximate surface area is 148 Å². The molecule has 2 aromatic heterocycles. The molecule has 3 aromatic rings. The molecule has 3 heterocycles. The molecule has 26 heavy (non-hydrogen) atoms. The fourth-order valence-corrected chi connectivity index (χ4v) is 3.06. The Morgan fingerprint density at radius 2 is 1.88 bits per heavy atom. The number of rotatable bonds is 5. The van der Waals surface area contributed by atoms with Gasteiger partial charge in [0.1, 0.15) is 24.6 Å². The molecule has 1 aromatic carbocycles. The molecule has 1 fully saturated rings. The van der Waals surface area contributed by atoms with Crippen molar-refractivity contribution in [2.75, 3.05) is 11.9 Å². The van der Waals surface area contributed by atoms with Crippen LogP contribution < -0.4 is 5.32 Å². The third-order valence-electron chi connectivity index (χ3n) is 4.45. The summed E-state index contributed by atoms with van der Waals surface area (Å²) in [6, 6.07) is 9.88. The van der Waals surface area contributed by atoms with Crippen LogP contribution in [-0.2, 0) is 11.3 Å². The van der Waals surface area contributed by atoms with Crippen LogP contribution in [0.5, 0.6) is 0 Å². The zero-order chi connectivity index (χ0) is 18.1. The molecular formula is C17H19N5O4. The summed E-state index contributed by atoms with van der Waals surface area (Å²) in [5.74, 6) is 0.560. The van der Waals surface area contributed by atoms with Crippen molar-refractivity contribution >= 4 is 17.0 Å². The van der Waals surface area contributed by atoms with Crippen molar-refractivity contribution in [3.8, 4) is 0 Å². The number of hydrogen-bond donors (Lipinski definition) is 4. The van der Waals surface area contributed by atoms with Gasteiger partial charge in [-0.15, -0.1) is 0 Å². The third kappa shape index (κ3) is 2.90. The van der Waals surface area contributed by atoms with E-state index in [1.807, 2.05) is 30.3 Å². The maximum atomic E-state index is 10.2. The van der Waals surface area contributed by atoms with Gasteiger partial charge in [0.15, 0.2) is 23.2 Å². The summed E-state index contributed by atoms with van der Waals surface area (Å²) in [5, 5.41) is 32.6. The van der Waals surface area contributed by atoms with E-state index >= 15 is 0 Å². The number of aliphatic hydroxyl groups excluding tert-OH is 3. The topological polar surface area (TPSA) is 126 Å². The summed E-state index contributed by atoms with van der Waals surface area (Å²) in [7, 11) is 0. The number of anilines is 1. The van der Waals surface area contributed by atoms with E-state index < -0.39 is 24.5 Å². The van der Waals surface area contributed by atoms with E-state index in [1.165, 1.54) is 17.2 Å². The molecule has 136 valence electrons. The molecule has 0 aliphatic carbocycles. The first kappa shape index (κ1) is 16.9. The molecule has 4 atom stereocenters. The smallest absolute Gasteiger partial charge is 0.167 e. The van der Waals surface area contributed by atoms with E-state index in [9.17, 15) is 15.3 Å². The van der Waals surface area contributed by atoms with Gasteiger partial charge >= 0.3 is 0 Å². The summed E-state index contributed by atoms with van der Waals surface area (Å²) in [6.07, 6.45) is -1.24. The summed E-state index contributed by atoms with van der Waals surface area (Å²) >= 11 is 0. The Balaban J connectivity index is 1.61. The number of hydrogen-bond acceptors (Lipinski definition) is 8. The molecule has 4 rings (SSSR count). The summed E-state index contributed by atoms with van der Waals surface area (Å²) < 4.78 is 7.08. The quantitative estimate of drug-likeness (QED) is 0.505. The van der Waals surface area contributed by atoms with Crippen molar-refractivity contribution in [2.24, 2.45) is 0 Å². The van der Waals surface area contributed by atoms with Gasteiger partial charge in [0.05, 0.1) is 12.9 Å². The lowest BCUT2D eigenvalue weighted by Crippen LogP contribution is -2.33. The van der Waals surface area contributed by atoms with Crippen LogP contribution in [0.25, 0.3) is 11.2 Å². The van der Waals surface area contributed by atoms with Crippen LogP contribution >= 0.6 is 0 Å². The molecule has 0 unspecified atom stereocenters. The van der Waals surface area contributed by atoms with Gasteiger partial charge in [-0.3, -0.25) is 4.57 Å². The van der Waals surface area contributed by atoms with Gasteiger partial charge in [0.2, 0.25) is 0 Å². The Hall–Kier alpha value is -2.59. The van der Waals surface area contributed by atoms with Crippen LogP contribution in [-0.4, -0.2) is 59.8 Å². The van der Waals surface area contributed by atoms with Crippen molar-refractivity contribution in [3.05, 3.63) is 48.5 Å². The number of aromatic nitrogens is 4. The molecule has 1 aliphatic rings. The highest BCUT2D eigenvalue weighted by molar-refractivity contribution is 5.82. The largest absolute Gasteiger partial charge is 0.394 e. The molecule has 4 N–H and O–H groups in total. The van der Waals surface area contributed by atoms with E-state index in [0.717, 1.165) is 5.56 Å². The van der Waals surface area contributed by atoms with Gasteiger partial charge in [-0.25, -0.2) is 15.0 Å². The first-order valence-corrected chi connectivity index (χ1v) is 8.27. The standard InChI is InChI=1S/C17H19N5O4/c23-7-11-13(24)14(25)17(26-11)22-9-21-12-15(19-8-20-16(12)22)18-6-10-4-2-1-3-5-10/h1-5,8-9,11,13-14,17,23-25H,6-7H2,(H,18,19,20)/t11-,13-,14-,17+/m0/s1. The molecule has 1 saturated heterocycles. The average Bonchev–Trinajstić information content (AvgIpc) is 3.23. The van der Waals surface area contributed by atoms with Crippen LogP contribution in [0.2, 0.25) is 0 Å². The molecule has 0 amide bonds. The van der Waals surface area contributed by atoms with Crippen LogP contribution in [0.1, 0.15) is 11.8 Å². The number of benzene rings is 1. The minimum atomic E-state index is -1.19. The normalized spacial score (nSPS) is 25.7. The fourth-order valence-electron chi connectivity index (χ4n) is 3.06. The van der Waals surface area contributed by atoms with Crippen LogP contribution in [0.4, 0.5) is 5.82 Å². The number of nitrogens with zero attached hydrogens (tertiary/aromatic N) is 4. The van der Waals surface area contributed by atoms with Gasteiger partial charge < -0.3 is 25.4 Å². The second-order valence-corrected chi connectivity index (χ2v) is 6.11. The third-order valence-corrected chi connectivity index (χ3v) is 4.45. The SMILES string of the molecule is OC[C@@H]1O[C@@H](n2cnc3c(NCc4ccccc4)ncnc32)[C@@H](O)[C@H]1O. The van der Waals surface area contributed by atoms with E-state index in [-0.39, 0.29) is 6.61 Å². The predicted molar refractivity (Wildman–Crippen MR) is 92.1 cm³/mol. The lowest BCUT2D eigenvalue weighted by atomic mass is 10.1. The molecule has 0 radical (unpaired) electrons. The Morgan fingerprint density at radius 1 is 1.08 bits per heavy atom. The predicted octanol–water partition coefficient (Wildman–Crippen LogP) is 0.0499. The van der Waals surface area contributed by atoms with Crippen LogP contribution in [0.15, 0.2) is 43.0 Å². The Bertz CT molecular complexity index is 887. The number of nitrogens with one attached hydrogen (secondary N) is 1. The van der Waals surface area contributed by atoms with Gasteiger partial charge in [-0.1, -0.05) is 30.3 Å². The molecular weight excluding hydrogens is 338 g/mol. The minimum absolute atomic E-state index is 0.389. The molecule has 9 heteroatoms. The maximum absolute atomic E-state index is 10.2. The average molecular weight is 357 g/mol. The molecule has 1 aliphatic heterocycles. The summed E-state index contributed by atoms with van der Waals surface area (Å²) in [6.45, 7) is 0.188. The lowest BCUT2D eigenvalue weighted by Gasteiger charge is -2.16. The number of ether oxygens (including phenoxy) is 1. The number of fused-ring (bicyclic) bond motifs is 1.